The minimum Gasteiger partial charge on any atom is -0.381 e. The van der Waals surface area contributed by atoms with Gasteiger partial charge in [-0.05, 0) is 58.7 Å². The highest BCUT2D eigenvalue weighted by Gasteiger charge is 2.05. The van der Waals surface area contributed by atoms with Gasteiger partial charge in [0, 0.05) is 23.3 Å². The van der Waals surface area contributed by atoms with Crippen molar-refractivity contribution in [3.8, 4) is 0 Å². The molecule has 1 heterocycles. The smallest absolute Gasteiger partial charge is 0.137 e. The maximum absolute atomic E-state index is 13.2. The Morgan fingerprint density at radius 1 is 1.14 bits per heavy atom. The van der Waals surface area contributed by atoms with Crippen LogP contribution in [0.2, 0.25) is 0 Å². The van der Waals surface area contributed by atoms with E-state index in [0.717, 1.165) is 22.3 Å². The van der Waals surface area contributed by atoms with E-state index in [2.05, 4.69) is 38.4 Å². The summed E-state index contributed by atoms with van der Waals surface area (Å²) in [5.41, 5.74) is 4.04. The Balaban J connectivity index is 1.89. The second-order valence-corrected chi connectivity index (χ2v) is 5.78. The Hall–Kier alpha value is -1.94. The monoisotopic (exact) mass is 344 g/mol. The van der Waals surface area contributed by atoms with Crippen molar-refractivity contribution in [1.29, 1.82) is 0 Å². The van der Waals surface area contributed by atoms with Crippen LogP contribution in [0.15, 0.2) is 53.0 Å². The second-order valence-electron chi connectivity index (χ2n) is 4.92. The van der Waals surface area contributed by atoms with E-state index in [9.17, 15) is 4.39 Å². The molecule has 21 heavy (non-hydrogen) atoms. The predicted octanol–water partition coefficient (Wildman–Crippen LogP) is 5.06. The maximum atomic E-state index is 13.2. The molecule has 0 aliphatic rings. The number of nitrogens with one attached hydrogen (secondary N) is 1. The summed E-state index contributed by atoms with van der Waals surface area (Å²) < 4.78 is 13.7. The highest BCUT2D eigenvalue weighted by atomic mass is 79.9. The molecule has 0 atom stereocenters. The van der Waals surface area contributed by atoms with Crippen molar-refractivity contribution >= 4 is 32.5 Å². The summed E-state index contributed by atoms with van der Waals surface area (Å²) in [5, 5.41) is 4.46. The first-order valence-corrected chi connectivity index (χ1v) is 7.47. The van der Waals surface area contributed by atoms with Gasteiger partial charge in [-0.3, -0.25) is 4.98 Å². The molecule has 0 aliphatic carbocycles. The third kappa shape index (κ3) is 3.05. The minimum absolute atomic E-state index is 0.259. The van der Waals surface area contributed by atoms with Crippen molar-refractivity contribution in [3.05, 3.63) is 70.1 Å². The van der Waals surface area contributed by atoms with Crippen molar-refractivity contribution in [1.82, 2.24) is 4.98 Å². The summed E-state index contributed by atoms with van der Waals surface area (Å²) >= 11 is 3.20. The largest absolute Gasteiger partial charge is 0.381 e. The van der Waals surface area contributed by atoms with Crippen LogP contribution < -0.4 is 5.32 Å². The number of benzene rings is 2. The van der Waals surface area contributed by atoms with Crippen LogP contribution in [0.3, 0.4) is 0 Å². The van der Waals surface area contributed by atoms with E-state index in [1.807, 2.05) is 25.1 Å². The number of para-hydroxylation sites is 1. The average molecular weight is 345 g/mol. The standard InChI is InChI=1S/C17H14BrFN2/c1-11-8-12(14-4-2-3-5-17(14)21-11)10-20-13-6-7-16(19)15(18)9-13/h2-9,20H,10H2,1H3. The number of fused-ring (bicyclic) bond motifs is 1. The van der Waals surface area contributed by atoms with Crippen LogP contribution in [0, 0.1) is 12.7 Å². The third-order valence-corrected chi connectivity index (χ3v) is 3.94. The van der Waals surface area contributed by atoms with E-state index in [1.54, 1.807) is 12.1 Å². The van der Waals surface area contributed by atoms with E-state index >= 15 is 0 Å². The Bertz CT molecular complexity index is 802. The van der Waals surface area contributed by atoms with Gasteiger partial charge in [-0.2, -0.15) is 0 Å². The lowest BCUT2D eigenvalue weighted by atomic mass is 10.1. The fraction of sp³-hybridized carbons (Fsp3) is 0.118. The number of anilines is 1. The van der Waals surface area contributed by atoms with Gasteiger partial charge in [0.2, 0.25) is 0 Å². The summed E-state index contributed by atoms with van der Waals surface area (Å²) in [7, 11) is 0. The molecule has 2 nitrogen and oxygen atoms in total. The van der Waals surface area contributed by atoms with Gasteiger partial charge in [0.1, 0.15) is 5.82 Å². The summed E-state index contributed by atoms with van der Waals surface area (Å²) in [6.07, 6.45) is 0. The fourth-order valence-electron chi connectivity index (χ4n) is 2.34. The molecule has 0 bridgehead atoms. The summed E-state index contributed by atoms with van der Waals surface area (Å²) in [4.78, 5) is 4.53. The molecule has 0 fully saturated rings. The molecular weight excluding hydrogens is 331 g/mol. The van der Waals surface area contributed by atoms with E-state index in [0.29, 0.717) is 11.0 Å². The van der Waals surface area contributed by atoms with E-state index < -0.39 is 0 Å². The van der Waals surface area contributed by atoms with Crippen molar-refractivity contribution in [2.45, 2.75) is 13.5 Å². The Labute approximate surface area is 131 Å². The lowest BCUT2D eigenvalue weighted by molar-refractivity contribution is 0.621. The predicted molar refractivity (Wildman–Crippen MR) is 87.9 cm³/mol. The SMILES string of the molecule is Cc1cc(CNc2ccc(F)c(Br)c2)c2ccccc2n1. The van der Waals surface area contributed by atoms with Gasteiger partial charge in [0.15, 0.2) is 0 Å². The van der Waals surface area contributed by atoms with Crippen molar-refractivity contribution < 1.29 is 4.39 Å². The Kier molecular flexibility index (Phi) is 3.88. The molecule has 0 spiro atoms. The number of hydrogen-bond donors (Lipinski definition) is 1. The van der Waals surface area contributed by atoms with Gasteiger partial charge in [0.05, 0.1) is 9.99 Å². The molecule has 0 aliphatic heterocycles. The van der Waals surface area contributed by atoms with Crippen LogP contribution >= 0.6 is 15.9 Å². The highest BCUT2D eigenvalue weighted by Crippen LogP contribution is 2.22. The summed E-state index contributed by atoms with van der Waals surface area (Å²) in [6.45, 7) is 2.66. The third-order valence-electron chi connectivity index (χ3n) is 3.33. The minimum atomic E-state index is -0.259. The molecule has 4 heteroatoms. The zero-order valence-electron chi connectivity index (χ0n) is 11.5. The zero-order valence-corrected chi connectivity index (χ0v) is 13.1. The zero-order chi connectivity index (χ0) is 14.8. The second kappa shape index (κ2) is 5.82. The molecule has 0 saturated carbocycles. The van der Waals surface area contributed by atoms with Crippen LogP contribution in [0.25, 0.3) is 10.9 Å². The van der Waals surface area contributed by atoms with Crippen LogP contribution in [-0.2, 0) is 6.54 Å². The van der Waals surface area contributed by atoms with E-state index in [4.69, 9.17) is 0 Å². The molecule has 1 aromatic heterocycles. The van der Waals surface area contributed by atoms with E-state index in [1.165, 1.54) is 11.6 Å². The van der Waals surface area contributed by atoms with Gasteiger partial charge < -0.3 is 5.32 Å². The summed E-state index contributed by atoms with van der Waals surface area (Å²) in [5.74, 6) is -0.259. The summed E-state index contributed by atoms with van der Waals surface area (Å²) in [6, 6.07) is 15.1. The van der Waals surface area contributed by atoms with Crippen LogP contribution in [0.4, 0.5) is 10.1 Å². The van der Waals surface area contributed by atoms with Gasteiger partial charge in [0.25, 0.3) is 0 Å². The molecule has 1 N–H and O–H groups in total. The Morgan fingerprint density at radius 2 is 1.95 bits per heavy atom. The topological polar surface area (TPSA) is 24.9 Å². The molecule has 106 valence electrons. The van der Waals surface area contributed by atoms with E-state index in [-0.39, 0.29) is 5.82 Å². The van der Waals surface area contributed by atoms with Crippen molar-refractivity contribution in [2.24, 2.45) is 0 Å². The first-order chi connectivity index (χ1) is 10.1. The van der Waals surface area contributed by atoms with Crippen LogP contribution in [-0.4, -0.2) is 4.98 Å². The number of aromatic nitrogens is 1. The van der Waals surface area contributed by atoms with Gasteiger partial charge >= 0.3 is 0 Å². The average Bonchev–Trinajstić information content (AvgIpc) is 2.48. The lowest BCUT2D eigenvalue weighted by Gasteiger charge is -2.11. The number of rotatable bonds is 3. The molecule has 2 aromatic carbocycles. The molecule has 0 radical (unpaired) electrons. The number of halogens is 2. The molecule has 0 amide bonds. The molecule has 3 rings (SSSR count). The Morgan fingerprint density at radius 3 is 2.76 bits per heavy atom. The lowest BCUT2D eigenvalue weighted by Crippen LogP contribution is -2.02. The van der Waals surface area contributed by atoms with Crippen LogP contribution in [0.1, 0.15) is 11.3 Å². The highest BCUT2D eigenvalue weighted by molar-refractivity contribution is 9.10. The molecular formula is C17H14BrFN2. The number of aryl methyl sites for hydroxylation is 1. The van der Waals surface area contributed by atoms with Crippen LogP contribution in [0.5, 0.6) is 0 Å². The first-order valence-electron chi connectivity index (χ1n) is 6.68. The number of nitrogens with zero attached hydrogens (tertiary/aromatic N) is 1. The van der Waals surface area contributed by atoms with Gasteiger partial charge in [-0.1, -0.05) is 18.2 Å². The van der Waals surface area contributed by atoms with Gasteiger partial charge in [-0.15, -0.1) is 0 Å². The fourth-order valence-corrected chi connectivity index (χ4v) is 2.72. The number of pyridine rings is 1. The normalized spacial score (nSPS) is 10.8. The van der Waals surface area contributed by atoms with Crippen molar-refractivity contribution in [2.75, 3.05) is 5.32 Å². The first kappa shape index (κ1) is 14.0. The quantitative estimate of drug-likeness (QED) is 0.718. The maximum Gasteiger partial charge on any atom is 0.137 e. The molecule has 3 aromatic rings. The van der Waals surface area contributed by atoms with Gasteiger partial charge in [-0.25, -0.2) is 4.39 Å². The molecule has 0 saturated heterocycles. The van der Waals surface area contributed by atoms with Crippen molar-refractivity contribution in [3.63, 3.8) is 0 Å². The molecule has 0 unspecified atom stereocenters. The number of hydrogen-bond acceptors (Lipinski definition) is 2.